The zero-order valence-corrected chi connectivity index (χ0v) is 10.3. The normalized spacial score (nSPS) is 12.6. The second kappa shape index (κ2) is 6.60. The quantitative estimate of drug-likeness (QED) is 0.439. The highest BCUT2D eigenvalue weighted by Gasteiger charge is 2.11. The Morgan fingerprint density at radius 1 is 1.57 bits per heavy atom. The Balaban J connectivity index is 4.75. The lowest BCUT2D eigenvalue weighted by Gasteiger charge is -2.05. The molecule has 0 aliphatic heterocycles. The first-order valence-electron chi connectivity index (χ1n) is 4.39. The molecular weight excluding hydrogens is 244 g/mol. The molecule has 0 amide bonds. The largest absolute Gasteiger partial charge is 0.462 e. The average Bonchev–Trinajstić information content (AvgIpc) is 2.04. The van der Waals surface area contributed by atoms with E-state index in [1.165, 1.54) is 0 Å². The average molecular weight is 259 g/mol. The summed E-state index contributed by atoms with van der Waals surface area (Å²) < 4.78 is 5.59. The van der Waals surface area contributed by atoms with Gasteiger partial charge in [0, 0.05) is 4.48 Å². The summed E-state index contributed by atoms with van der Waals surface area (Å²) >= 11 is 3.31. The summed E-state index contributed by atoms with van der Waals surface area (Å²) in [5.74, 6) is -0.320. The molecule has 0 saturated heterocycles. The van der Waals surface area contributed by atoms with Crippen LogP contribution in [0.2, 0.25) is 0 Å². The van der Waals surface area contributed by atoms with Crippen molar-refractivity contribution >= 4 is 21.9 Å². The van der Waals surface area contributed by atoms with Crippen molar-refractivity contribution in [2.24, 2.45) is 0 Å². The molecule has 0 unspecified atom stereocenters. The molecule has 0 rings (SSSR count). The van der Waals surface area contributed by atoms with Crippen LogP contribution in [0.25, 0.3) is 0 Å². The molecule has 2 nitrogen and oxygen atoms in total. The van der Waals surface area contributed by atoms with Crippen LogP contribution in [-0.2, 0) is 9.53 Å². The van der Waals surface area contributed by atoms with Gasteiger partial charge < -0.3 is 4.74 Å². The molecule has 0 aromatic carbocycles. The van der Waals surface area contributed by atoms with Crippen molar-refractivity contribution in [3.8, 4) is 0 Å². The van der Waals surface area contributed by atoms with E-state index in [2.05, 4.69) is 22.5 Å². The van der Waals surface area contributed by atoms with Crippen LogP contribution < -0.4 is 0 Å². The summed E-state index contributed by atoms with van der Waals surface area (Å²) in [5, 5.41) is 0. The highest BCUT2D eigenvalue weighted by atomic mass is 79.9. The Bertz CT molecular complexity index is 288. The van der Waals surface area contributed by atoms with Crippen molar-refractivity contribution in [3.05, 3.63) is 34.4 Å². The van der Waals surface area contributed by atoms with Crippen LogP contribution in [0.4, 0.5) is 0 Å². The fraction of sp³-hybridized carbons (Fsp3) is 0.364. The Hall–Kier alpha value is -0.830. The third-order valence-corrected chi connectivity index (χ3v) is 2.07. The van der Waals surface area contributed by atoms with Crippen molar-refractivity contribution in [2.75, 3.05) is 6.61 Å². The predicted octanol–water partition coefficient (Wildman–Crippen LogP) is 3.35. The van der Waals surface area contributed by atoms with Gasteiger partial charge >= 0.3 is 5.97 Å². The first-order valence-corrected chi connectivity index (χ1v) is 5.18. The minimum atomic E-state index is -0.320. The lowest BCUT2D eigenvalue weighted by molar-refractivity contribution is -0.138. The monoisotopic (exact) mass is 258 g/mol. The van der Waals surface area contributed by atoms with Crippen LogP contribution in [0.3, 0.4) is 0 Å². The molecule has 0 radical (unpaired) electrons. The SMILES string of the molecule is C=C(C)/C=C(Br)\C(=C/C)C(=O)OCC. The molecule has 0 spiro atoms. The number of carbonyl (C=O) groups is 1. The van der Waals surface area contributed by atoms with E-state index in [0.717, 1.165) is 5.57 Å². The van der Waals surface area contributed by atoms with Crippen LogP contribution in [0, 0.1) is 0 Å². The number of ether oxygens (including phenoxy) is 1. The fourth-order valence-electron chi connectivity index (χ4n) is 0.856. The predicted molar refractivity (Wildman–Crippen MR) is 62.2 cm³/mol. The van der Waals surface area contributed by atoms with Gasteiger partial charge in [-0.05, 0) is 42.8 Å². The zero-order valence-electron chi connectivity index (χ0n) is 8.76. The molecule has 0 saturated carbocycles. The van der Waals surface area contributed by atoms with Crippen molar-refractivity contribution in [1.82, 2.24) is 0 Å². The molecule has 0 aromatic rings. The van der Waals surface area contributed by atoms with Crippen molar-refractivity contribution in [1.29, 1.82) is 0 Å². The number of rotatable bonds is 4. The Morgan fingerprint density at radius 3 is 2.50 bits per heavy atom. The van der Waals surface area contributed by atoms with Gasteiger partial charge in [0.05, 0.1) is 12.2 Å². The van der Waals surface area contributed by atoms with Crippen LogP contribution >= 0.6 is 15.9 Å². The summed E-state index contributed by atoms with van der Waals surface area (Å²) in [6.07, 6.45) is 3.49. The van der Waals surface area contributed by atoms with E-state index in [0.29, 0.717) is 16.7 Å². The zero-order chi connectivity index (χ0) is 11.1. The Labute approximate surface area is 93.5 Å². The van der Waals surface area contributed by atoms with Gasteiger partial charge in [-0.15, -0.1) is 0 Å². The van der Waals surface area contributed by atoms with E-state index < -0.39 is 0 Å². The van der Waals surface area contributed by atoms with E-state index in [1.807, 2.05) is 6.92 Å². The summed E-state index contributed by atoms with van der Waals surface area (Å²) in [4.78, 5) is 11.4. The Kier molecular flexibility index (Phi) is 6.21. The van der Waals surface area contributed by atoms with Crippen LogP contribution in [0.15, 0.2) is 34.4 Å². The standard InChI is InChI=1S/C11H15BrO2/c1-5-9(11(13)14-6-2)10(12)7-8(3)4/h5,7H,3,6H2,1-2,4H3/b9-5+,10-7+. The minimum absolute atomic E-state index is 0.320. The topological polar surface area (TPSA) is 26.3 Å². The Morgan fingerprint density at radius 2 is 2.14 bits per heavy atom. The molecule has 0 heterocycles. The lowest BCUT2D eigenvalue weighted by atomic mass is 10.2. The van der Waals surface area contributed by atoms with Gasteiger partial charge in [-0.1, -0.05) is 18.2 Å². The molecule has 3 heteroatoms. The van der Waals surface area contributed by atoms with Gasteiger partial charge in [0.1, 0.15) is 0 Å². The van der Waals surface area contributed by atoms with E-state index in [1.54, 1.807) is 26.0 Å². The van der Waals surface area contributed by atoms with Crippen LogP contribution in [-0.4, -0.2) is 12.6 Å². The molecule has 0 aromatic heterocycles. The van der Waals surface area contributed by atoms with Gasteiger partial charge in [0.15, 0.2) is 0 Å². The van der Waals surface area contributed by atoms with Gasteiger partial charge in [-0.3, -0.25) is 0 Å². The van der Waals surface area contributed by atoms with Gasteiger partial charge in [0.2, 0.25) is 0 Å². The third-order valence-electron chi connectivity index (χ3n) is 1.41. The van der Waals surface area contributed by atoms with E-state index in [9.17, 15) is 4.79 Å². The number of allylic oxidation sites excluding steroid dienone is 3. The van der Waals surface area contributed by atoms with Crippen molar-refractivity contribution < 1.29 is 9.53 Å². The first kappa shape index (κ1) is 13.2. The second-order valence-corrected chi connectivity index (χ2v) is 3.62. The second-order valence-electron chi connectivity index (χ2n) is 2.76. The highest BCUT2D eigenvalue weighted by Crippen LogP contribution is 2.20. The van der Waals surface area contributed by atoms with Gasteiger partial charge in [0.25, 0.3) is 0 Å². The maximum atomic E-state index is 11.4. The lowest BCUT2D eigenvalue weighted by Crippen LogP contribution is -2.07. The van der Waals surface area contributed by atoms with Gasteiger partial charge in [-0.2, -0.15) is 0 Å². The molecule has 0 aliphatic carbocycles. The summed E-state index contributed by atoms with van der Waals surface area (Å²) in [6.45, 7) is 9.54. The number of halogens is 1. The van der Waals surface area contributed by atoms with Crippen LogP contribution in [0.5, 0.6) is 0 Å². The molecular formula is C11H15BrO2. The first-order chi connectivity index (χ1) is 6.52. The summed E-state index contributed by atoms with van der Waals surface area (Å²) in [5.41, 5.74) is 1.40. The summed E-state index contributed by atoms with van der Waals surface area (Å²) in [7, 11) is 0. The fourth-order valence-corrected chi connectivity index (χ4v) is 1.64. The number of esters is 1. The maximum Gasteiger partial charge on any atom is 0.338 e. The third kappa shape index (κ3) is 4.42. The van der Waals surface area contributed by atoms with Gasteiger partial charge in [-0.25, -0.2) is 4.79 Å². The number of carbonyl (C=O) groups excluding carboxylic acids is 1. The van der Waals surface area contributed by atoms with Crippen molar-refractivity contribution in [3.63, 3.8) is 0 Å². The maximum absolute atomic E-state index is 11.4. The molecule has 0 aliphatic rings. The van der Waals surface area contributed by atoms with E-state index in [-0.39, 0.29) is 5.97 Å². The molecule has 0 N–H and O–H groups in total. The number of hydrogen-bond donors (Lipinski definition) is 0. The summed E-state index contributed by atoms with van der Waals surface area (Å²) in [6, 6.07) is 0. The molecule has 0 bridgehead atoms. The molecule has 0 atom stereocenters. The van der Waals surface area contributed by atoms with E-state index >= 15 is 0 Å². The smallest absolute Gasteiger partial charge is 0.338 e. The molecule has 0 fully saturated rings. The highest BCUT2D eigenvalue weighted by molar-refractivity contribution is 9.12. The molecule has 78 valence electrons. The van der Waals surface area contributed by atoms with Crippen LogP contribution in [0.1, 0.15) is 20.8 Å². The van der Waals surface area contributed by atoms with E-state index in [4.69, 9.17) is 4.74 Å². The molecule has 14 heavy (non-hydrogen) atoms. The number of hydrogen-bond acceptors (Lipinski definition) is 2. The van der Waals surface area contributed by atoms with Crippen molar-refractivity contribution in [2.45, 2.75) is 20.8 Å². The minimum Gasteiger partial charge on any atom is -0.462 e.